The maximum atomic E-state index is 13.2. The van der Waals surface area contributed by atoms with Gasteiger partial charge in [0.1, 0.15) is 0 Å². The van der Waals surface area contributed by atoms with Crippen LogP contribution >= 0.6 is 23.2 Å². The van der Waals surface area contributed by atoms with Crippen molar-refractivity contribution in [2.24, 2.45) is 4.99 Å². The van der Waals surface area contributed by atoms with E-state index in [-0.39, 0.29) is 34.7 Å². The molecule has 0 amide bonds. The zero-order valence-corrected chi connectivity index (χ0v) is 18.3. The smallest absolute Gasteiger partial charge is 0.416 e. The van der Waals surface area contributed by atoms with Crippen molar-refractivity contribution in [3.63, 3.8) is 0 Å². The second kappa shape index (κ2) is 8.95. The summed E-state index contributed by atoms with van der Waals surface area (Å²) in [6.45, 7) is 3.33. The van der Waals surface area contributed by atoms with E-state index < -0.39 is 29.2 Å². The van der Waals surface area contributed by atoms with Gasteiger partial charge >= 0.3 is 12.1 Å². The van der Waals surface area contributed by atoms with Crippen LogP contribution in [0.15, 0.2) is 35.3 Å². The van der Waals surface area contributed by atoms with Crippen molar-refractivity contribution in [3.05, 3.63) is 51.7 Å². The third-order valence-corrected chi connectivity index (χ3v) is 5.00. The van der Waals surface area contributed by atoms with Crippen LogP contribution in [0, 0.1) is 6.92 Å². The van der Waals surface area contributed by atoms with Crippen LogP contribution < -0.4 is 4.74 Å². The predicted octanol–water partition coefficient (Wildman–Crippen LogP) is 5.28. The lowest BCUT2D eigenvalue weighted by Crippen LogP contribution is -2.41. The molecular weight excluding hydrogens is 474 g/mol. The third-order valence-electron chi connectivity index (χ3n) is 4.44. The Morgan fingerprint density at radius 1 is 1.19 bits per heavy atom. The summed E-state index contributed by atoms with van der Waals surface area (Å²) in [5.74, 6) is -1.66. The molecule has 0 saturated carbocycles. The number of aryl methyl sites for hydroxylation is 1. The molecule has 0 bridgehead atoms. The van der Waals surface area contributed by atoms with Gasteiger partial charge in [-0.3, -0.25) is 14.6 Å². The molecule has 0 saturated heterocycles. The van der Waals surface area contributed by atoms with E-state index in [0.717, 1.165) is 4.68 Å². The van der Waals surface area contributed by atoms with Gasteiger partial charge in [0.2, 0.25) is 5.88 Å². The first-order chi connectivity index (χ1) is 15.0. The molecule has 1 aliphatic heterocycles. The number of hydrogen-bond acceptors (Lipinski definition) is 6. The Balaban J connectivity index is 1.90. The van der Waals surface area contributed by atoms with Gasteiger partial charge in [0.05, 0.1) is 28.6 Å². The molecule has 1 aromatic carbocycles. The number of hydrogen-bond donors (Lipinski definition) is 0. The fraction of sp³-hybridized carbons (Fsp3) is 0.300. The summed E-state index contributed by atoms with van der Waals surface area (Å²) in [7, 11) is 0. The fourth-order valence-corrected chi connectivity index (χ4v) is 3.53. The summed E-state index contributed by atoms with van der Waals surface area (Å²) in [6, 6.07) is 2.71. The highest BCUT2D eigenvalue weighted by Crippen LogP contribution is 2.41. The monoisotopic (exact) mass is 489 g/mol. The first-order valence-corrected chi connectivity index (χ1v) is 9.96. The summed E-state index contributed by atoms with van der Waals surface area (Å²) < 4.78 is 50.1. The molecule has 32 heavy (non-hydrogen) atoms. The van der Waals surface area contributed by atoms with Crippen molar-refractivity contribution >= 4 is 41.3 Å². The van der Waals surface area contributed by atoms with Gasteiger partial charge in [0.25, 0.3) is 5.91 Å². The standard InChI is InChI=1S/C20H16Cl2F3N3O4/c1-3-31-16(29)10-19(5-4-6-26-19)18(30)28-11(2)7-15(27-28)32-17-13(21)8-12(9-14(17)22)20(23,24)25/h4-9H,3,10H2,1-2H3. The molecule has 1 aliphatic rings. The Bertz CT molecular complexity index is 1090. The zero-order valence-electron chi connectivity index (χ0n) is 16.7. The highest BCUT2D eigenvalue weighted by molar-refractivity contribution is 6.37. The van der Waals surface area contributed by atoms with Crippen molar-refractivity contribution in [2.75, 3.05) is 6.61 Å². The molecule has 1 unspecified atom stereocenters. The molecule has 2 aromatic rings. The van der Waals surface area contributed by atoms with Crippen LogP contribution in [0.3, 0.4) is 0 Å². The average molecular weight is 490 g/mol. The first kappa shape index (κ1) is 23.8. The lowest BCUT2D eigenvalue weighted by atomic mass is 9.95. The molecule has 7 nitrogen and oxygen atoms in total. The minimum Gasteiger partial charge on any atom is -0.466 e. The van der Waals surface area contributed by atoms with Crippen LogP contribution in [0.1, 0.15) is 29.4 Å². The number of carbonyl (C=O) groups is 2. The number of halogens is 5. The quantitative estimate of drug-likeness (QED) is 0.515. The van der Waals surface area contributed by atoms with Crippen LogP contribution in [0.4, 0.5) is 13.2 Å². The number of benzene rings is 1. The Morgan fingerprint density at radius 3 is 2.38 bits per heavy atom. The van der Waals surface area contributed by atoms with Crippen molar-refractivity contribution in [2.45, 2.75) is 32.0 Å². The van der Waals surface area contributed by atoms with Crippen LogP contribution in [-0.4, -0.2) is 40.0 Å². The zero-order chi connectivity index (χ0) is 23.7. The number of ether oxygens (including phenoxy) is 2. The number of alkyl halides is 3. The third kappa shape index (κ3) is 4.81. The average Bonchev–Trinajstić information content (AvgIpc) is 3.30. The molecule has 2 heterocycles. The Labute approximate surface area is 190 Å². The summed E-state index contributed by atoms with van der Waals surface area (Å²) in [5.41, 5.74) is -2.25. The summed E-state index contributed by atoms with van der Waals surface area (Å²) in [4.78, 5) is 29.3. The lowest BCUT2D eigenvalue weighted by Gasteiger charge is -2.21. The molecule has 0 spiro atoms. The maximum absolute atomic E-state index is 13.2. The Kier molecular flexibility index (Phi) is 6.66. The first-order valence-electron chi connectivity index (χ1n) is 9.21. The number of rotatable bonds is 6. The molecule has 1 aromatic heterocycles. The van der Waals surface area contributed by atoms with E-state index in [9.17, 15) is 22.8 Å². The van der Waals surface area contributed by atoms with Gasteiger partial charge in [-0.25, -0.2) is 0 Å². The second-order valence-corrected chi connectivity index (χ2v) is 7.57. The van der Waals surface area contributed by atoms with E-state index in [1.807, 2.05) is 0 Å². The SMILES string of the molecule is CCOC(=O)CC1(C(=O)n2nc(Oc3c(Cl)cc(C(F)(F)F)cc3Cl)cc2C)C=CC=N1. The molecule has 0 aliphatic carbocycles. The highest BCUT2D eigenvalue weighted by Gasteiger charge is 2.42. The summed E-state index contributed by atoms with van der Waals surface area (Å²) >= 11 is 11.8. The van der Waals surface area contributed by atoms with Gasteiger partial charge in [-0.1, -0.05) is 23.2 Å². The molecule has 12 heteroatoms. The van der Waals surface area contributed by atoms with Crippen LogP contribution in [0.25, 0.3) is 0 Å². The number of nitrogens with zero attached hydrogens (tertiary/aromatic N) is 3. The maximum Gasteiger partial charge on any atom is 0.416 e. The van der Waals surface area contributed by atoms with Gasteiger partial charge in [0.15, 0.2) is 11.3 Å². The van der Waals surface area contributed by atoms with Crippen LogP contribution in [0.2, 0.25) is 10.0 Å². The molecule has 1 atom stereocenters. The van der Waals surface area contributed by atoms with E-state index in [2.05, 4.69) is 10.1 Å². The number of carbonyl (C=O) groups excluding carboxylic acids is 2. The van der Waals surface area contributed by atoms with Gasteiger partial charge in [-0.2, -0.15) is 17.9 Å². The Hall–Kier alpha value is -2.85. The predicted molar refractivity (Wildman–Crippen MR) is 111 cm³/mol. The van der Waals surface area contributed by atoms with Crippen molar-refractivity contribution in [3.8, 4) is 11.6 Å². The molecule has 0 radical (unpaired) electrons. The largest absolute Gasteiger partial charge is 0.466 e. The molecule has 3 rings (SSSR count). The van der Waals surface area contributed by atoms with Crippen molar-refractivity contribution in [1.29, 1.82) is 0 Å². The van der Waals surface area contributed by atoms with Crippen molar-refractivity contribution < 1.29 is 32.2 Å². The van der Waals surface area contributed by atoms with Crippen molar-refractivity contribution in [1.82, 2.24) is 9.78 Å². The highest BCUT2D eigenvalue weighted by atomic mass is 35.5. The number of esters is 1. The van der Waals surface area contributed by atoms with Crippen LogP contribution in [0.5, 0.6) is 11.6 Å². The van der Waals surface area contributed by atoms with E-state index in [1.165, 1.54) is 24.4 Å². The van der Waals surface area contributed by atoms with Gasteiger partial charge in [-0.15, -0.1) is 5.10 Å². The lowest BCUT2D eigenvalue weighted by molar-refractivity contribution is -0.143. The Morgan fingerprint density at radius 2 is 1.84 bits per heavy atom. The van der Waals surface area contributed by atoms with Gasteiger partial charge < -0.3 is 9.47 Å². The van der Waals surface area contributed by atoms with E-state index in [0.29, 0.717) is 17.8 Å². The van der Waals surface area contributed by atoms with Gasteiger partial charge in [0, 0.05) is 18.0 Å². The minimum atomic E-state index is -4.64. The normalized spacial score (nSPS) is 17.6. The van der Waals surface area contributed by atoms with Crippen LogP contribution in [-0.2, 0) is 15.7 Å². The summed E-state index contributed by atoms with van der Waals surface area (Å²) in [6.07, 6.45) is -0.612. The number of aromatic nitrogens is 2. The number of allylic oxidation sites excluding steroid dienone is 1. The van der Waals surface area contributed by atoms with E-state index >= 15 is 0 Å². The minimum absolute atomic E-state index is 0.142. The molecule has 0 fully saturated rings. The molecule has 170 valence electrons. The van der Waals surface area contributed by atoms with Gasteiger partial charge in [-0.05, 0) is 38.1 Å². The number of aliphatic imine (C=N–C) groups is 1. The topological polar surface area (TPSA) is 82.8 Å². The molecule has 0 N–H and O–H groups in total. The molecular formula is C20H16Cl2F3N3O4. The fourth-order valence-electron chi connectivity index (χ4n) is 2.97. The van der Waals surface area contributed by atoms with E-state index in [4.69, 9.17) is 32.7 Å². The van der Waals surface area contributed by atoms with E-state index in [1.54, 1.807) is 13.8 Å². The summed E-state index contributed by atoms with van der Waals surface area (Å²) in [5, 5.41) is 3.28. The second-order valence-electron chi connectivity index (χ2n) is 6.75.